The molecule has 4 nitrogen and oxygen atoms in total. The summed E-state index contributed by atoms with van der Waals surface area (Å²) in [5.41, 5.74) is 2.72. The minimum Gasteiger partial charge on any atom is -0.424 e. The molecule has 1 unspecified atom stereocenters. The van der Waals surface area contributed by atoms with Crippen LogP contribution < -0.4 is 5.32 Å². The maximum atomic E-state index is 5.45. The van der Waals surface area contributed by atoms with Crippen LogP contribution in [-0.4, -0.2) is 10.2 Å². The molecule has 1 aliphatic rings. The Morgan fingerprint density at radius 2 is 2.06 bits per heavy atom. The van der Waals surface area contributed by atoms with Crippen LogP contribution in [-0.2, 0) is 13.0 Å². The fourth-order valence-electron chi connectivity index (χ4n) is 2.08. The zero-order valence-electron chi connectivity index (χ0n) is 9.10. The van der Waals surface area contributed by atoms with Gasteiger partial charge in [0.25, 0.3) is 0 Å². The lowest BCUT2D eigenvalue weighted by molar-refractivity contribution is 0.372. The summed E-state index contributed by atoms with van der Waals surface area (Å²) in [5, 5.41) is 11.3. The third kappa shape index (κ3) is 1.61. The number of hydrogen-bond acceptors (Lipinski definition) is 4. The Bertz CT molecular complexity index is 506. The van der Waals surface area contributed by atoms with Crippen LogP contribution in [0.1, 0.15) is 29.0 Å². The van der Waals surface area contributed by atoms with Crippen LogP contribution in [0.2, 0.25) is 0 Å². The number of aromatic nitrogens is 2. The molecule has 1 N–H and O–H groups in total. The minimum absolute atomic E-state index is 0.149. The number of hydrogen-bond donors (Lipinski definition) is 1. The SMILES string of the molecule is Cc1nnc(C2Cc3ccccc3CN2)o1. The van der Waals surface area contributed by atoms with E-state index >= 15 is 0 Å². The Labute approximate surface area is 93.7 Å². The van der Waals surface area contributed by atoms with Crippen LogP contribution in [0.15, 0.2) is 28.7 Å². The normalized spacial score (nSPS) is 19.4. The van der Waals surface area contributed by atoms with Crippen molar-refractivity contribution in [3.05, 3.63) is 47.2 Å². The highest BCUT2D eigenvalue weighted by atomic mass is 16.4. The number of nitrogens with one attached hydrogen (secondary N) is 1. The molecule has 4 heteroatoms. The number of benzene rings is 1. The molecule has 0 bridgehead atoms. The van der Waals surface area contributed by atoms with Crippen molar-refractivity contribution in [1.82, 2.24) is 15.5 Å². The highest BCUT2D eigenvalue weighted by Crippen LogP contribution is 2.24. The molecule has 0 aliphatic carbocycles. The summed E-state index contributed by atoms with van der Waals surface area (Å²) in [6.45, 7) is 2.68. The molecule has 0 spiro atoms. The van der Waals surface area contributed by atoms with Gasteiger partial charge in [0, 0.05) is 13.5 Å². The van der Waals surface area contributed by atoms with E-state index in [2.05, 4.69) is 39.8 Å². The molecule has 0 fully saturated rings. The van der Waals surface area contributed by atoms with E-state index in [9.17, 15) is 0 Å². The van der Waals surface area contributed by atoms with Crippen molar-refractivity contribution in [3.8, 4) is 0 Å². The lowest BCUT2D eigenvalue weighted by Crippen LogP contribution is -2.28. The van der Waals surface area contributed by atoms with E-state index in [4.69, 9.17) is 4.42 Å². The van der Waals surface area contributed by atoms with E-state index in [1.165, 1.54) is 11.1 Å². The molecule has 16 heavy (non-hydrogen) atoms. The summed E-state index contributed by atoms with van der Waals surface area (Å²) in [6, 6.07) is 8.60. The first-order chi connectivity index (χ1) is 7.83. The van der Waals surface area contributed by atoms with Crippen molar-refractivity contribution in [3.63, 3.8) is 0 Å². The van der Waals surface area contributed by atoms with E-state index in [1.54, 1.807) is 0 Å². The molecule has 0 saturated heterocycles. The highest BCUT2D eigenvalue weighted by Gasteiger charge is 2.23. The van der Waals surface area contributed by atoms with E-state index in [-0.39, 0.29) is 6.04 Å². The van der Waals surface area contributed by atoms with Gasteiger partial charge in [-0.25, -0.2) is 0 Å². The molecule has 82 valence electrons. The third-order valence-electron chi connectivity index (χ3n) is 2.92. The second kappa shape index (κ2) is 3.72. The topological polar surface area (TPSA) is 51.0 Å². The third-order valence-corrected chi connectivity index (χ3v) is 2.92. The smallest absolute Gasteiger partial charge is 0.233 e. The van der Waals surface area contributed by atoms with Crippen LogP contribution >= 0.6 is 0 Å². The first-order valence-corrected chi connectivity index (χ1v) is 5.43. The lowest BCUT2D eigenvalue weighted by Gasteiger charge is -2.23. The van der Waals surface area contributed by atoms with Crippen LogP contribution in [0.5, 0.6) is 0 Å². The Kier molecular flexibility index (Phi) is 2.22. The van der Waals surface area contributed by atoms with Crippen molar-refractivity contribution in [1.29, 1.82) is 0 Å². The maximum Gasteiger partial charge on any atom is 0.233 e. The van der Waals surface area contributed by atoms with Gasteiger partial charge in [-0.1, -0.05) is 24.3 Å². The number of aryl methyl sites for hydroxylation is 1. The van der Waals surface area contributed by atoms with Crippen LogP contribution in [0.25, 0.3) is 0 Å². The van der Waals surface area contributed by atoms with Crippen molar-refractivity contribution in [2.24, 2.45) is 0 Å². The van der Waals surface area contributed by atoms with Crippen molar-refractivity contribution < 1.29 is 4.42 Å². The Morgan fingerprint density at radius 3 is 2.81 bits per heavy atom. The average molecular weight is 215 g/mol. The molecular formula is C12H13N3O. The fourth-order valence-corrected chi connectivity index (χ4v) is 2.08. The van der Waals surface area contributed by atoms with Crippen molar-refractivity contribution >= 4 is 0 Å². The van der Waals surface area contributed by atoms with Gasteiger partial charge in [0.15, 0.2) is 0 Å². The molecule has 2 heterocycles. The number of nitrogens with zero attached hydrogens (tertiary/aromatic N) is 2. The van der Waals surface area contributed by atoms with Crippen LogP contribution in [0.4, 0.5) is 0 Å². The summed E-state index contributed by atoms with van der Waals surface area (Å²) >= 11 is 0. The summed E-state index contributed by atoms with van der Waals surface area (Å²) in [7, 11) is 0. The number of fused-ring (bicyclic) bond motifs is 1. The van der Waals surface area contributed by atoms with E-state index < -0.39 is 0 Å². The Hall–Kier alpha value is -1.68. The summed E-state index contributed by atoms with van der Waals surface area (Å²) < 4.78 is 5.45. The lowest BCUT2D eigenvalue weighted by atomic mass is 9.96. The molecule has 0 radical (unpaired) electrons. The molecule has 1 atom stereocenters. The first-order valence-electron chi connectivity index (χ1n) is 5.43. The molecule has 0 saturated carbocycles. The monoisotopic (exact) mass is 215 g/mol. The molecule has 1 aromatic carbocycles. The van der Waals surface area contributed by atoms with Gasteiger partial charge in [-0.3, -0.25) is 0 Å². The minimum atomic E-state index is 0.149. The quantitative estimate of drug-likeness (QED) is 0.787. The van der Waals surface area contributed by atoms with Crippen LogP contribution in [0.3, 0.4) is 0 Å². The summed E-state index contributed by atoms with van der Waals surface area (Å²) in [4.78, 5) is 0. The Balaban J connectivity index is 1.88. The summed E-state index contributed by atoms with van der Waals surface area (Å²) in [6.07, 6.45) is 0.914. The van der Waals surface area contributed by atoms with Crippen molar-refractivity contribution in [2.45, 2.75) is 25.9 Å². The zero-order valence-corrected chi connectivity index (χ0v) is 9.10. The Morgan fingerprint density at radius 1 is 1.25 bits per heavy atom. The highest BCUT2D eigenvalue weighted by molar-refractivity contribution is 5.30. The van der Waals surface area contributed by atoms with Gasteiger partial charge in [0.05, 0.1) is 6.04 Å². The molecular weight excluding hydrogens is 202 g/mol. The maximum absolute atomic E-state index is 5.45. The molecule has 3 rings (SSSR count). The van der Waals surface area contributed by atoms with Gasteiger partial charge >= 0.3 is 0 Å². The van der Waals surface area contributed by atoms with Gasteiger partial charge in [0.2, 0.25) is 11.8 Å². The van der Waals surface area contributed by atoms with Gasteiger partial charge in [-0.15, -0.1) is 10.2 Å². The largest absolute Gasteiger partial charge is 0.424 e. The van der Waals surface area contributed by atoms with Crippen molar-refractivity contribution in [2.75, 3.05) is 0 Å². The first kappa shape index (κ1) is 9.54. The fraction of sp³-hybridized carbons (Fsp3) is 0.333. The van der Waals surface area contributed by atoms with Gasteiger partial charge < -0.3 is 9.73 Å². The van der Waals surface area contributed by atoms with E-state index in [0.29, 0.717) is 11.8 Å². The number of rotatable bonds is 1. The standard InChI is InChI=1S/C12H13N3O/c1-8-14-15-12(16-8)11-6-9-4-2-3-5-10(9)7-13-11/h2-5,11,13H,6-7H2,1H3. The summed E-state index contributed by atoms with van der Waals surface area (Å²) in [5.74, 6) is 1.31. The molecule has 1 aliphatic heterocycles. The molecule has 2 aromatic rings. The second-order valence-electron chi connectivity index (χ2n) is 4.07. The predicted molar refractivity (Wildman–Crippen MR) is 58.8 cm³/mol. The van der Waals surface area contributed by atoms with Gasteiger partial charge in [-0.2, -0.15) is 0 Å². The molecule has 0 amide bonds. The van der Waals surface area contributed by atoms with E-state index in [0.717, 1.165) is 13.0 Å². The predicted octanol–water partition coefficient (Wildman–Crippen LogP) is 1.77. The zero-order chi connectivity index (χ0) is 11.0. The second-order valence-corrected chi connectivity index (χ2v) is 4.07. The van der Waals surface area contributed by atoms with Gasteiger partial charge in [0.1, 0.15) is 0 Å². The van der Waals surface area contributed by atoms with E-state index in [1.807, 2.05) is 6.92 Å². The average Bonchev–Trinajstić information content (AvgIpc) is 2.75. The molecule has 1 aromatic heterocycles. The van der Waals surface area contributed by atoms with Crippen LogP contribution in [0, 0.1) is 6.92 Å². The van der Waals surface area contributed by atoms with Gasteiger partial charge in [-0.05, 0) is 17.5 Å².